The molecule has 114 valence electrons. The standard InChI is InChI=1S/C15H21FN4O/c1-10-4-13(15(2,3)16)18-14(17-10)20-7-11-5-19(9-21)6-12(11)8-20/h4,9,11-12H,5-8H2,1-3H3/t11-,12+. The number of alkyl halides is 1. The molecule has 5 nitrogen and oxygen atoms in total. The Kier molecular flexibility index (Phi) is 3.34. The van der Waals surface area contributed by atoms with Crippen LogP contribution in [0.2, 0.25) is 0 Å². The first kappa shape index (κ1) is 14.2. The normalized spacial score (nSPS) is 25.3. The number of hydrogen-bond acceptors (Lipinski definition) is 4. The van der Waals surface area contributed by atoms with Crippen molar-refractivity contribution >= 4 is 12.4 Å². The topological polar surface area (TPSA) is 49.3 Å². The summed E-state index contributed by atoms with van der Waals surface area (Å²) in [6.45, 7) is 8.18. The second-order valence-electron chi connectivity index (χ2n) is 6.65. The molecule has 21 heavy (non-hydrogen) atoms. The first-order chi connectivity index (χ1) is 9.86. The molecule has 0 bridgehead atoms. The number of rotatable bonds is 3. The summed E-state index contributed by atoms with van der Waals surface area (Å²) in [6.07, 6.45) is 0.926. The van der Waals surface area contributed by atoms with E-state index in [4.69, 9.17) is 0 Å². The number of amides is 1. The summed E-state index contributed by atoms with van der Waals surface area (Å²) in [7, 11) is 0. The molecule has 2 fully saturated rings. The van der Waals surface area contributed by atoms with Gasteiger partial charge in [0.15, 0.2) is 0 Å². The van der Waals surface area contributed by atoms with Crippen LogP contribution in [-0.2, 0) is 10.5 Å². The van der Waals surface area contributed by atoms with Gasteiger partial charge in [0.1, 0.15) is 5.67 Å². The molecule has 0 unspecified atom stereocenters. The van der Waals surface area contributed by atoms with Crippen LogP contribution in [0.1, 0.15) is 25.2 Å². The number of likely N-dealkylation sites (tertiary alicyclic amines) is 1. The van der Waals surface area contributed by atoms with E-state index in [2.05, 4.69) is 14.9 Å². The lowest BCUT2D eigenvalue weighted by Crippen LogP contribution is -2.30. The Morgan fingerprint density at radius 2 is 1.86 bits per heavy atom. The van der Waals surface area contributed by atoms with Crippen LogP contribution in [-0.4, -0.2) is 47.5 Å². The van der Waals surface area contributed by atoms with Crippen molar-refractivity contribution in [3.05, 3.63) is 17.5 Å². The summed E-state index contributed by atoms with van der Waals surface area (Å²) in [5.41, 5.74) is -0.254. The van der Waals surface area contributed by atoms with Crippen LogP contribution >= 0.6 is 0 Å². The summed E-state index contributed by atoms with van der Waals surface area (Å²) >= 11 is 0. The maximum Gasteiger partial charge on any atom is 0.225 e. The lowest BCUT2D eigenvalue weighted by atomic mass is 10.0. The first-order valence-electron chi connectivity index (χ1n) is 7.36. The maximum absolute atomic E-state index is 14.1. The van der Waals surface area contributed by atoms with Crippen molar-refractivity contribution in [2.75, 3.05) is 31.1 Å². The van der Waals surface area contributed by atoms with Gasteiger partial charge in [-0.25, -0.2) is 14.4 Å². The number of halogens is 1. The van der Waals surface area contributed by atoms with Crippen molar-refractivity contribution in [1.29, 1.82) is 0 Å². The molecule has 3 heterocycles. The van der Waals surface area contributed by atoms with E-state index in [0.29, 0.717) is 23.5 Å². The molecule has 2 aliphatic heterocycles. The van der Waals surface area contributed by atoms with E-state index < -0.39 is 5.67 Å². The summed E-state index contributed by atoms with van der Waals surface area (Å²) in [5.74, 6) is 1.56. The number of carbonyl (C=O) groups excluding carboxylic acids is 1. The van der Waals surface area contributed by atoms with Crippen molar-refractivity contribution in [3.8, 4) is 0 Å². The van der Waals surface area contributed by atoms with Gasteiger partial charge in [-0.05, 0) is 26.8 Å². The highest BCUT2D eigenvalue weighted by Gasteiger charge is 2.40. The predicted octanol–water partition coefficient (Wildman–Crippen LogP) is 1.51. The molecular weight excluding hydrogens is 271 g/mol. The zero-order valence-electron chi connectivity index (χ0n) is 12.7. The third-order valence-corrected chi connectivity index (χ3v) is 4.40. The number of hydrogen-bond donors (Lipinski definition) is 0. The van der Waals surface area contributed by atoms with Crippen LogP contribution in [0, 0.1) is 18.8 Å². The molecule has 0 saturated carbocycles. The van der Waals surface area contributed by atoms with Gasteiger partial charge in [0.2, 0.25) is 12.4 Å². The number of aromatic nitrogens is 2. The lowest BCUT2D eigenvalue weighted by molar-refractivity contribution is -0.117. The number of nitrogens with zero attached hydrogens (tertiary/aromatic N) is 4. The van der Waals surface area contributed by atoms with Crippen LogP contribution in [0.25, 0.3) is 0 Å². The Morgan fingerprint density at radius 3 is 2.38 bits per heavy atom. The Labute approximate surface area is 124 Å². The summed E-state index contributed by atoms with van der Waals surface area (Å²) in [6, 6.07) is 1.70. The molecule has 0 spiro atoms. The number of carbonyl (C=O) groups is 1. The number of fused-ring (bicyclic) bond motifs is 1. The van der Waals surface area contributed by atoms with Crippen molar-refractivity contribution in [2.24, 2.45) is 11.8 Å². The van der Waals surface area contributed by atoms with Gasteiger partial charge in [0.05, 0.1) is 5.69 Å². The Hall–Kier alpha value is -1.72. The molecule has 2 saturated heterocycles. The van der Waals surface area contributed by atoms with Gasteiger partial charge < -0.3 is 9.80 Å². The van der Waals surface area contributed by atoms with E-state index in [1.165, 1.54) is 13.8 Å². The third kappa shape index (κ3) is 2.71. The van der Waals surface area contributed by atoms with Gasteiger partial charge in [-0.15, -0.1) is 0 Å². The van der Waals surface area contributed by atoms with Gasteiger partial charge >= 0.3 is 0 Å². The van der Waals surface area contributed by atoms with Gasteiger partial charge in [-0.2, -0.15) is 0 Å². The van der Waals surface area contributed by atoms with Gasteiger partial charge in [0, 0.05) is 43.7 Å². The molecule has 3 rings (SSSR count). The third-order valence-electron chi connectivity index (χ3n) is 4.40. The molecule has 0 N–H and O–H groups in total. The van der Waals surface area contributed by atoms with E-state index >= 15 is 0 Å². The van der Waals surface area contributed by atoms with Crippen molar-refractivity contribution < 1.29 is 9.18 Å². The summed E-state index contributed by atoms with van der Waals surface area (Å²) < 4.78 is 14.1. The van der Waals surface area contributed by atoms with E-state index in [0.717, 1.165) is 38.3 Å². The average molecular weight is 292 g/mol. The second-order valence-corrected chi connectivity index (χ2v) is 6.65. The molecule has 1 aromatic heterocycles. The second kappa shape index (κ2) is 4.93. The van der Waals surface area contributed by atoms with Crippen LogP contribution < -0.4 is 4.90 Å². The van der Waals surface area contributed by atoms with E-state index in [-0.39, 0.29) is 0 Å². The molecule has 6 heteroatoms. The van der Waals surface area contributed by atoms with Crippen molar-refractivity contribution in [3.63, 3.8) is 0 Å². The minimum absolute atomic E-state index is 0.427. The SMILES string of the molecule is Cc1cc(C(C)(C)F)nc(N2C[C@H]3CN(C=O)C[C@H]3C2)n1. The fourth-order valence-corrected chi connectivity index (χ4v) is 3.28. The van der Waals surface area contributed by atoms with E-state index in [1.54, 1.807) is 6.07 Å². The molecule has 0 aliphatic carbocycles. The van der Waals surface area contributed by atoms with Crippen LogP contribution in [0.3, 0.4) is 0 Å². The first-order valence-corrected chi connectivity index (χ1v) is 7.36. The fourth-order valence-electron chi connectivity index (χ4n) is 3.28. The molecule has 0 radical (unpaired) electrons. The van der Waals surface area contributed by atoms with E-state index in [1.807, 2.05) is 11.8 Å². The van der Waals surface area contributed by atoms with Crippen molar-refractivity contribution in [2.45, 2.75) is 26.4 Å². The largest absolute Gasteiger partial charge is 0.345 e. The van der Waals surface area contributed by atoms with Gasteiger partial charge in [-0.3, -0.25) is 4.79 Å². The molecular formula is C15H21FN4O. The average Bonchev–Trinajstić information content (AvgIpc) is 2.94. The van der Waals surface area contributed by atoms with Crippen LogP contribution in [0.15, 0.2) is 6.07 Å². The quantitative estimate of drug-likeness (QED) is 0.793. The monoisotopic (exact) mass is 292 g/mol. The van der Waals surface area contributed by atoms with Gasteiger partial charge in [-0.1, -0.05) is 0 Å². The highest BCUT2D eigenvalue weighted by Crippen LogP contribution is 2.33. The Balaban J connectivity index is 1.80. The highest BCUT2D eigenvalue weighted by atomic mass is 19.1. The number of anilines is 1. The molecule has 2 aliphatic rings. The summed E-state index contributed by atoms with van der Waals surface area (Å²) in [4.78, 5) is 23.7. The van der Waals surface area contributed by atoms with Gasteiger partial charge in [0.25, 0.3) is 0 Å². The molecule has 2 atom stereocenters. The molecule has 0 aromatic carbocycles. The lowest BCUT2D eigenvalue weighted by Gasteiger charge is -2.22. The van der Waals surface area contributed by atoms with Crippen LogP contribution in [0.5, 0.6) is 0 Å². The van der Waals surface area contributed by atoms with Crippen LogP contribution in [0.4, 0.5) is 10.3 Å². The predicted molar refractivity (Wildman–Crippen MR) is 77.7 cm³/mol. The fraction of sp³-hybridized carbons (Fsp3) is 0.667. The minimum atomic E-state index is -1.47. The number of aryl methyl sites for hydroxylation is 1. The minimum Gasteiger partial charge on any atom is -0.345 e. The highest BCUT2D eigenvalue weighted by molar-refractivity contribution is 5.48. The van der Waals surface area contributed by atoms with Crippen molar-refractivity contribution in [1.82, 2.24) is 14.9 Å². The van der Waals surface area contributed by atoms with E-state index in [9.17, 15) is 9.18 Å². The smallest absolute Gasteiger partial charge is 0.225 e. The zero-order chi connectivity index (χ0) is 15.2. The zero-order valence-corrected chi connectivity index (χ0v) is 12.7. The molecule has 1 amide bonds. The summed E-state index contributed by atoms with van der Waals surface area (Å²) in [5, 5.41) is 0. The Bertz CT molecular complexity index is 543. The Morgan fingerprint density at radius 1 is 1.24 bits per heavy atom. The molecule has 1 aromatic rings. The maximum atomic E-state index is 14.1.